The highest BCUT2D eigenvalue weighted by atomic mass is 35.5. The number of rotatable bonds is 3. The molecule has 21 heavy (non-hydrogen) atoms. The monoisotopic (exact) mass is 308 g/mol. The molecule has 1 heterocycles. The van der Waals surface area contributed by atoms with Gasteiger partial charge in [0, 0.05) is 12.6 Å². The van der Waals surface area contributed by atoms with Crippen LogP contribution >= 0.6 is 12.4 Å². The third-order valence-corrected chi connectivity index (χ3v) is 5.08. The average molecular weight is 309 g/mol. The van der Waals surface area contributed by atoms with Crippen LogP contribution in [0.15, 0.2) is 24.3 Å². The molecule has 1 aliphatic carbocycles. The zero-order valence-corrected chi connectivity index (χ0v) is 13.7. The van der Waals surface area contributed by atoms with E-state index in [1.165, 1.54) is 11.1 Å². The minimum atomic E-state index is -0.233. The standard InChI is InChI=1S/C17H24N2O.ClH/c1-12-5-3-4-6-15(12)17(7-8-17)16(20)19-11-14(10-18)9-13(19)2;/h3-6,13-14H,7-11,18H2,1-2H3;1H. The van der Waals surface area contributed by atoms with Gasteiger partial charge in [0.2, 0.25) is 5.91 Å². The second kappa shape index (κ2) is 5.98. The normalized spacial score (nSPS) is 26.3. The zero-order valence-electron chi connectivity index (χ0n) is 12.8. The number of hydrogen-bond acceptors (Lipinski definition) is 2. The first kappa shape index (κ1) is 16.3. The molecule has 0 aromatic heterocycles. The van der Waals surface area contributed by atoms with Crippen molar-refractivity contribution < 1.29 is 4.79 Å². The second-order valence-corrected chi connectivity index (χ2v) is 6.54. The Balaban J connectivity index is 0.00000161. The van der Waals surface area contributed by atoms with E-state index in [4.69, 9.17) is 5.73 Å². The Bertz CT molecular complexity index is 527. The SMILES string of the molecule is Cc1ccccc1C1(C(=O)N2CC(CN)CC2C)CC1.Cl. The number of carbonyl (C=O) groups excluding carboxylic acids is 1. The summed E-state index contributed by atoms with van der Waals surface area (Å²) in [6, 6.07) is 8.66. The van der Waals surface area contributed by atoms with E-state index in [0.29, 0.717) is 24.4 Å². The van der Waals surface area contributed by atoms with Crippen LogP contribution in [0.2, 0.25) is 0 Å². The smallest absolute Gasteiger partial charge is 0.233 e. The Hall–Kier alpha value is -1.06. The lowest BCUT2D eigenvalue weighted by Gasteiger charge is -2.28. The summed E-state index contributed by atoms with van der Waals surface area (Å²) in [6.45, 7) is 5.79. The van der Waals surface area contributed by atoms with E-state index < -0.39 is 0 Å². The van der Waals surface area contributed by atoms with Crippen LogP contribution in [-0.4, -0.2) is 29.9 Å². The molecule has 2 unspecified atom stereocenters. The van der Waals surface area contributed by atoms with Gasteiger partial charge in [-0.2, -0.15) is 0 Å². The molecule has 3 nitrogen and oxygen atoms in total. The molecule has 1 amide bonds. The van der Waals surface area contributed by atoms with Gasteiger partial charge in [-0.1, -0.05) is 24.3 Å². The third kappa shape index (κ3) is 2.69. The van der Waals surface area contributed by atoms with Crippen LogP contribution in [0.3, 0.4) is 0 Å². The predicted molar refractivity (Wildman–Crippen MR) is 87.7 cm³/mol. The number of amides is 1. The summed E-state index contributed by atoms with van der Waals surface area (Å²) in [7, 11) is 0. The Morgan fingerprint density at radius 2 is 2.05 bits per heavy atom. The average Bonchev–Trinajstić information content (AvgIpc) is 3.16. The highest BCUT2D eigenvalue weighted by Gasteiger charge is 2.55. The van der Waals surface area contributed by atoms with Crippen LogP contribution in [0.25, 0.3) is 0 Å². The fourth-order valence-electron chi connectivity index (χ4n) is 3.70. The lowest BCUT2D eigenvalue weighted by molar-refractivity contribution is -0.134. The quantitative estimate of drug-likeness (QED) is 0.933. The van der Waals surface area contributed by atoms with Gasteiger partial charge in [0.15, 0.2) is 0 Å². The summed E-state index contributed by atoms with van der Waals surface area (Å²) in [5.41, 5.74) is 8.01. The van der Waals surface area contributed by atoms with E-state index in [1.54, 1.807) is 0 Å². The second-order valence-electron chi connectivity index (χ2n) is 6.54. The molecule has 1 saturated carbocycles. The summed E-state index contributed by atoms with van der Waals surface area (Å²) in [6.07, 6.45) is 3.03. The summed E-state index contributed by atoms with van der Waals surface area (Å²) >= 11 is 0. The van der Waals surface area contributed by atoms with Crippen molar-refractivity contribution >= 4 is 18.3 Å². The molecule has 0 radical (unpaired) electrons. The van der Waals surface area contributed by atoms with E-state index >= 15 is 0 Å². The molecular weight excluding hydrogens is 284 g/mol. The van der Waals surface area contributed by atoms with Crippen molar-refractivity contribution in [3.63, 3.8) is 0 Å². The lowest BCUT2D eigenvalue weighted by Crippen LogP contribution is -2.41. The van der Waals surface area contributed by atoms with Crippen molar-refractivity contribution in [3.05, 3.63) is 35.4 Å². The van der Waals surface area contributed by atoms with Gasteiger partial charge in [0.25, 0.3) is 0 Å². The first-order chi connectivity index (χ1) is 9.58. The van der Waals surface area contributed by atoms with E-state index in [0.717, 1.165) is 25.8 Å². The highest BCUT2D eigenvalue weighted by Crippen LogP contribution is 2.51. The minimum absolute atomic E-state index is 0. The maximum absolute atomic E-state index is 13.0. The number of aryl methyl sites for hydroxylation is 1. The maximum atomic E-state index is 13.0. The lowest BCUT2D eigenvalue weighted by atomic mass is 9.90. The maximum Gasteiger partial charge on any atom is 0.233 e. The Morgan fingerprint density at radius 3 is 2.57 bits per heavy atom. The minimum Gasteiger partial charge on any atom is -0.339 e. The molecular formula is C17H25ClN2O. The summed E-state index contributed by atoms with van der Waals surface area (Å²) in [5.74, 6) is 0.803. The fraction of sp³-hybridized carbons (Fsp3) is 0.588. The molecule has 0 spiro atoms. The van der Waals surface area contributed by atoms with Gasteiger partial charge in [-0.15, -0.1) is 12.4 Å². The van der Waals surface area contributed by atoms with Crippen molar-refractivity contribution in [1.29, 1.82) is 0 Å². The molecule has 3 rings (SSSR count). The van der Waals surface area contributed by atoms with E-state index in [-0.39, 0.29) is 17.8 Å². The molecule has 116 valence electrons. The summed E-state index contributed by atoms with van der Waals surface area (Å²) in [5, 5.41) is 0. The van der Waals surface area contributed by atoms with Gasteiger partial charge >= 0.3 is 0 Å². The van der Waals surface area contributed by atoms with Crippen LogP contribution in [0.4, 0.5) is 0 Å². The molecule has 2 fully saturated rings. The van der Waals surface area contributed by atoms with Gasteiger partial charge in [-0.25, -0.2) is 0 Å². The topological polar surface area (TPSA) is 46.3 Å². The van der Waals surface area contributed by atoms with Crippen LogP contribution in [0, 0.1) is 12.8 Å². The van der Waals surface area contributed by atoms with Crippen molar-refractivity contribution in [1.82, 2.24) is 4.90 Å². The molecule has 1 aromatic carbocycles. The molecule has 1 aromatic rings. The largest absolute Gasteiger partial charge is 0.339 e. The van der Waals surface area contributed by atoms with E-state index in [1.807, 2.05) is 12.1 Å². The summed E-state index contributed by atoms with van der Waals surface area (Å²) in [4.78, 5) is 15.1. The van der Waals surface area contributed by atoms with Gasteiger partial charge < -0.3 is 10.6 Å². The molecule has 2 aliphatic rings. The Labute approximate surface area is 133 Å². The van der Waals surface area contributed by atoms with Crippen LogP contribution in [0.1, 0.15) is 37.3 Å². The predicted octanol–water partition coefficient (Wildman–Crippen LogP) is 2.64. The van der Waals surface area contributed by atoms with Crippen LogP contribution in [0.5, 0.6) is 0 Å². The fourth-order valence-corrected chi connectivity index (χ4v) is 3.70. The Morgan fingerprint density at radius 1 is 1.38 bits per heavy atom. The number of benzene rings is 1. The number of likely N-dealkylation sites (tertiary alicyclic amines) is 1. The van der Waals surface area contributed by atoms with Crippen molar-refractivity contribution in [2.45, 2.75) is 44.6 Å². The number of halogens is 1. The van der Waals surface area contributed by atoms with Crippen LogP contribution in [-0.2, 0) is 10.2 Å². The Kier molecular flexibility index (Phi) is 4.64. The molecule has 2 atom stereocenters. The molecule has 2 N–H and O–H groups in total. The molecule has 1 aliphatic heterocycles. The molecule has 0 bridgehead atoms. The number of carbonyl (C=O) groups is 1. The zero-order chi connectivity index (χ0) is 14.3. The highest BCUT2D eigenvalue weighted by molar-refractivity contribution is 5.92. The van der Waals surface area contributed by atoms with Gasteiger partial charge in [0.05, 0.1) is 5.41 Å². The van der Waals surface area contributed by atoms with Crippen LogP contribution < -0.4 is 5.73 Å². The first-order valence-corrected chi connectivity index (χ1v) is 7.66. The number of nitrogens with two attached hydrogens (primary N) is 1. The van der Waals surface area contributed by atoms with Crippen molar-refractivity contribution in [2.75, 3.05) is 13.1 Å². The number of nitrogens with zero attached hydrogens (tertiary/aromatic N) is 1. The van der Waals surface area contributed by atoms with Gasteiger partial charge in [-0.05, 0) is 56.7 Å². The molecule has 4 heteroatoms. The third-order valence-electron chi connectivity index (χ3n) is 5.08. The summed E-state index contributed by atoms with van der Waals surface area (Å²) < 4.78 is 0. The van der Waals surface area contributed by atoms with E-state index in [9.17, 15) is 4.79 Å². The first-order valence-electron chi connectivity index (χ1n) is 7.66. The van der Waals surface area contributed by atoms with Crippen molar-refractivity contribution in [2.24, 2.45) is 11.7 Å². The molecule has 1 saturated heterocycles. The van der Waals surface area contributed by atoms with E-state index in [2.05, 4.69) is 30.9 Å². The van der Waals surface area contributed by atoms with Crippen molar-refractivity contribution in [3.8, 4) is 0 Å². The van der Waals surface area contributed by atoms with Gasteiger partial charge in [0.1, 0.15) is 0 Å². The van der Waals surface area contributed by atoms with Gasteiger partial charge in [-0.3, -0.25) is 4.79 Å². The number of hydrogen-bond donors (Lipinski definition) is 1.